The molecule has 5 nitrogen and oxygen atoms in total. The van der Waals surface area contributed by atoms with Crippen molar-refractivity contribution in [3.63, 3.8) is 0 Å². The molecule has 1 aromatic carbocycles. The second-order valence-electron chi connectivity index (χ2n) is 5.23. The largest absolute Gasteiger partial charge is 0.360 e. The van der Waals surface area contributed by atoms with Gasteiger partial charge >= 0.3 is 0 Å². The topological polar surface area (TPSA) is 68.0 Å². The van der Waals surface area contributed by atoms with Crippen LogP contribution in [0.15, 0.2) is 41.1 Å². The summed E-state index contributed by atoms with van der Waals surface area (Å²) in [4.78, 5) is 16.8. The summed E-state index contributed by atoms with van der Waals surface area (Å²) in [6.45, 7) is 3.57. The van der Waals surface area contributed by atoms with E-state index in [9.17, 15) is 4.79 Å². The van der Waals surface area contributed by atoms with E-state index in [2.05, 4.69) is 15.5 Å². The second kappa shape index (κ2) is 6.63. The van der Waals surface area contributed by atoms with Crippen molar-refractivity contribution in [3.8, 4) is 11.3 Å². The van der Waals surface area contributed by atoms with Gasteiger partial charge < -0.3 is 9.84 Å². The average Bonchev–Trinajstić information content (AvgIpc) is 2.91. The molecule has 7 heteroatoms. The maximum absolute atomic E-state index is 12.7. The first-order valence-electron chi connectivity index (χ1n) is 7.12. The van der Waals surface area contributed by atoms with E-state index in [4.69, 9.17) is 27.7 Å². The number of benzene rings is 1. The normalized spacial score (nSPS) is 10.7. The quantitative estimate of drug-likeness (QED) is 0.719. The van der Waals surface area contributed by atoms with Crippen molar-refractivity contribution in [3.05, 3.63) is 63.5 Å². The number of hydrogen-bond donors (Lipinski definition) is 1. The van der Waals surface area contributed by atoms with Crippen molar-refractivity contribution in [2.24, 2.45) is 0 Å². The highest BCUT2D eigenvalue weighted by Crippen LogP contribution is 2.36. The van der Waals surface area contributed by atoms with E-state index in [1.807, 2.05) is 13.0 Å². The van der Waals surface area contributed by atoms with Gasteiger partial charge in [-0.05, 0) is 37.6 Å². The Balaban J connectivity index is 2.01. The smallest absolute Gasteiger partial charge is 0.262 e. The van der Waals surface area contributed by atoms with Crippen molar-refractivity contribution in [1.29, 1.82) is 0 Å². The molecule has 3 aromatic rings. The Hall–Kier alpha value is -2.37. The molecule has 0 unspecified atom stereocenters. The Morgan fingerprint density at radius 1 is 1.12 bits per heavy atom. The van der Waals surface area contributed by atoms with E-state index in [0.29, 0.717) is 32.9 Å². The Kier molecular flexibility index (Phi) is 4.55. The molecule has 0 saturated carbocycles. The number of carbonyl (C=O) groups is 1. The third-order valence-corrected chi connectivity index (χ3v) is 4.07. The lowest BCUT2D eigenvalue weighted by molar-refractivity contribution is 0.102. The fourth-order valence-electron chi connectivity index (χ4n) is 2.25. The summed E-state index contributed by atoms with van der Waals surface area (Å²) in [5.41, 5.74) is 2.03. The molecule has 0 aliphatic rings. The van der Waals surface area contributed by atoms with Gasteiger partial charge in [0.15, 0.2) is 0 Å². The molecule has 0 fully saturated rings. The van der Waals surface area contributed by atoms with Crippen LogP contribution in [-0.2, 0) is 0 Å². The predicted octanol–water partition coefficient (Wildman–Crippen LogP) is 4.91. The van der Waals surface area contributed by atoms with E-state index < -0.39 is 5.91 Å². The molecular formula is C17H13Cl2N3O2. The number of nitrogens with zero attached hydrogens (tertiary/aromatic N) is 2. The minimum atomic E-state index is -0.393. The van der Waals surface area contributed by atoms with E-state index in [1.54, 1.807) is 37.4 Å². The summed E-state index contributed by atoms with van der Waals surface area (Å²) in [7, 11) is 0. The highest BCUT2D eigenvalue weighted by Gasteiger charge is 2.25. The molecule has 0 saturated heterocycles. The van der Waals surface area contributed by atoms with E-state index in [-0.39, 0.29) is 5.56 Å². The molecule has 0 atom stereocenters. The van der Waals surface area contributed by atoms with Gasteiger partial charge in [0.05, 0.1) is 10.0 Å². The third kappa shape index (κ3) is 3.13. The first kappa shape index (κ1) is 16.5. The molecule has 2 aromatic heterocycles. The summed E-state index contributed by atoms with van der Waals surface area (Å²) < 4.78 is 5.19. The Labute approximate surface area is 148 Å². The van der Waals surface area contributed by atoms with Gasteiger partial charge in [0.1, 0.15) is 22.8 Å². The Morgan fingerprint density at radius 3 is 2.46 bits per heavy atom. The molecule has 1 N–H and O–H groups in total. The number of nitrogens with one attached hydrogen (secondary N) is 1. The van der Waals surface area contributed by atoms with Crippen molar-refractivity contribution in [2.75, 3.05) is 5.32 Å². The number of amides is 1. The summed E-state index contributed by atoms with van der Waals surface area (Å²) >= 11 is 12.4. The van der Waals surface area contributed by atoms with Crippen molar-refractivity contribution in [1.82, 2.24) is 10.1 Å². The van der Waals surface area contributed by atoms with E-state index in [0.717, 1.165) is 5.56 Å². The van der Waals surface area contributed by atoms with Crippen LogP contribution in [0.1, 0.15) is 21.7 Å². The Bertz CT molecular complexity index is 884. The van der Waals surface area contributed by atoms with Gasteiger partial charge in [-0.1, -0.05) is 40.5 Å². The number of aromatic nitrogens is 2. The van der Waals surface area contributed by atoms with Crippen LogP contribution in [0, 0.1) is 13.8 Å². The summed E-state index contributed by atoms with van der Waals surface area (Å²) in [5, 5.41) is 7.46. The summed E-state index contributed by atoms with van der Waals surface area (Å²) in [6, 6.07) is 8.65. The lowest BCUT2D eigenvalue weighted by atomic mass is 10.1. The minimum Gasteiger partial charge on any atom is -0.360 e. The molecule has 3 rings (SSSR count). The molecule has 0 spiro atoms. The standard InChI is InChI=1S/C17H13Cl2N3O2/c1-9-6-7-13(20-8-9)21-17(23)14-10(2)24-22-16(14)15-11(18)4-3-5-12(15)19/h3-8H,1-2H3,(H,20,21,23). The molecule has 1 amide bonds. The third-order valence-electron chi connectivity index (χ3n) is 3.44. The molecule has 0 bridgehead atoms. The highest BCUT2D eigenvalue weighted by atomic mass is 35.5. The molecule has 0 aliphatic carbocycles. The first-order chi connectivity index (χ1) is 11.5. The predicted molar refractivity (Wildman–Crippen MR) is 93.6 cm³/mol. The van der Waals surface area contributed by atoms with Crippen molar-refractivity contribution in [2.45, 2.75) is 13.8 Å². The summed E-state index contributed by atoms with van der Waals surface area (Å²) in [6.07, 6.45) is 1.67. The lowest BCUT2D eigenvalue weighted by Gasteiger charge is -2.07. The van der Waals surface area contributed by atoms with Crippen LogP contribution in [-0.4, -0.2) is 16.0 Å². The molecule has 2 heterocycles. The van der Waals surface area contributed by atoms with Gasteiger partial charge in [-0.15, -0.1) is 0 Å². The van der Waals surface area contributed by atoms with E-state index in [1.165, 1.54) is 0 Å². The molecule has 24 heavy (non-hydrogen) atoms. The highest BCUT2D eigenvalue weighted by molar-refractivity contribution is 6.39. The van der Waals surface area contributed by atoms with Crippen LogP contribution in [0.25, 0.3) is 11.3 Å². The zero-order valence-corrected chi connectivity index (χ0v) is 14.4. The van der Waals surface area contributed by atoms with Crippen LogP contribution < -0.4 is 5.32 Å². The van der Waals surface area contributed by atoms with Crippen molar-refractivity contribution < 1.29 is 9.32 Å². The zero-order chi connectivity index (χ0) is 17.3. The van der Waals surface area contributed by atoms with Crippen LogP contribution in [0.4, 0.5) is 5.82 Å². The number of carbonyl (C=O) groups excluding carboxylic acids is 1. The maximum Gasteiger partial charge on any atom is 0.262 e. The number of hydrogen-bond acceptors (Lipinski definition) is 4. The number of rotatable bonds is 3. The van der Waals surface area contributed by atoms with Crippen LogP contribution in [0.3, 0.4) is 0 Å². The van der Waals surface area contributed by atoms with E-state index >= 15 is 0 Å². The SMILES string of the molecule is Cc1ccc(NC(=O)c2c(-c3c(Cl)cccc3Cl)noc2C)nc1. The molecule has 0 aliphatic heterocycles. The van der Waals surface area contributed by atoms with Crippen LogP contribution >= 0.6 is 23.2 Å². The molecular weight excluding hydrogens is 349 g/mol. The van der Waals surface area contributed by atoms with Gasteiger partial charge in [0, 0.05) is 11.8 Å². The fraction of sp³-hybridized carbons (Fsp3) is 0.118. The molecule has 122 valence electrons. The van der Waals surface area contributed by atoms with Gasteiger partial charge in [-0.2, -0.15) is 0 Å². The second-order valence-corrected chi connectivity index (χ2v) is 6.05. The maximum atomic E-state index is 12.7. The zero-order valence-electron chi connectivity index (χ0n) is 12.9. The summed E-state index contributed by atoms with van der Waals surface area (Å²) in [5.74, 6) is 0.407. The van der Waals surface area contributed by atoms with Gasteiger partial charge in [0.25, 0.3) is 5.91 Å². The number of halogens is 2. The minimum absolute atomic E-state index is 0.271. The number of anilines is 1. The fourth-order valence-corrected chi connectivity index (χ4v) is 2.83. The average molecular weight is 362 g/mol. The van der Waals surface area contributed by atoms with Crippen LogP contribution in [0.5, 0.6) is 0 Å². The lowest BCUT2D eigenvalue weighted by Crippen LogP contribution is -2.14. The first-order valence-corrected chi connectivity index (χ1v) is 7.87. The number of aryl methyl sites for hydroxylation is 2. The number of pyridine rings is 1. The van der Waals surface area contributed by atoms with Crippen molar-refractivity contribution >= 4 is 34.9 Å². The molecule has 0 radical (unpaired) electrons. The Morgan fingerprint density at radius 2 is 1.83 bits per heavy atom. The van der Waals surface area contributed by atoms with Gasteiger partial charge in [-0.25, -0.2) is 4.98 Å². The monoisotopic (exact) mass is 361 g/mol. The van der Waals surface area contributed by atoms with Crippen LogP contribution in [0.2, 0.25) is 10.0 Å². The van der Waals surface area contributed by atoms with Gasteiger partial charge in [0.2, 0.25) is 0 Å². The van der Waals surface area contributed by atoms with Gasteiger partial charge in [-0.3, -0.25) is 4.79 Å².